The summed E-state index contributed by atoms with van der Waals surface area (Å²) in [5.74, 6) is 0. The van der Waals surface area contributed by atoms with E-state index in [9.17, 15) is 4.57 Å². The van der Waals surface area contributed by atoms with Crippen molar-refractivity contribution in [2.75, 3.05) is 20.4 Å². The number of hydrogen-bond donors (Lipinski definition) is 0. The van der Waals surface area contributed by atoms with Crippen LogP contribution in [0.3, 0.4) is 0 Å². The average molecular weight is 214 g/mol. The molecule has 78 valence electrons. The first-order chi connectivity index (χ1) is 6.70. The van der Waals surface area contributed by atoms with Crippen molar-refractivity contribution in [3.05, 3.63) is 35.9 Å². The molecule has 1 rings (SSSR count). The summed E-state index contributed by atoms with van der Waals surface area (Å²) in [5, 5.41) is 0. The molecule has 0 radical (unpaired) electrons. The van der Waals surface area contributed by atoms with Crippen LogP contribution in [0.1, 0.15) is 5.56 Å². The average Bonchev–Trinajstić information content (AvgIpc) is 2.27. The summed E-state index contributed by atoms with van der Waals surface area (Å²) < 4.78 is 21.4. The predicted molar refractivity (Wildman–Crippen MR) is 56.6 cm³/mol. The second kappa shape index (κ2) is 5.30. The summed E-state index contributed by atoms with van der Waals surface area (Å²) in [6.45, 7) is 0. The van der Waals surface area contributed by atoms with Gasteiger partial charge in [0.15, 0.2) is 0 Å². The highest BCUT2D eigenvalue weighted by atomic mass is 31.2. The fraction of sp³-hybridized carbons (Fsp3) is 0.400. The lowest BCUT2D eigenvalue weighted by atomic mass is 10.2. The zero-order valence-corrected chi connectivity index (χ0v) is 9.37. The third-order valence-electron chi connectivity index (χ3n) is 2.07. The largest absolute Gasteiger partial charge is 0.330 e. The molecule has 0 spiro atoms. The van der Waals surface area contributed by atoms with Crippen molar-refractivity contribution < 1.29 is 13.6 Å². The van der Waals surface area contributed by atoms with Gasteiger partial charge < -0.3 is 9.05 Å². The molecular weight excluding hydrogens is 199 g/mol. The molecule has 0 aliphatic rings. The van der Waals surface area contributed by atoms with Crippen LogP contribution in [0.25, 0.3) is 0 Å². The molecule has 0 heterocycles. The van der Waals surface area contributed by atoms with Gasteiger partial charge >= 0.3 is 7.60 Å². The van der Waals surface area contributed by atoms with Crippen molar-refractivity contribution in [3.63, 3.8) is 0 Å². The number of benzene rings is 1. The van der Waals surface area contributed by atoms with Crippen molar-refractivity contribution >= 4 is 7.60 Å². The molecule has 0 N–H and O–H groups in total. The lowest BCUT2D eigenvalue weighted by molar-refractivity contribution is 0.276. The third kappa shape index (κ3) is 3.26. The van der Waals surface area contributed by atoms with Crippen LogP contribution in [-0.4, -0.2) is 20.4 Å². The lowest BCUT2D eigenvalue weighted by Crippen LogP contribution is -1.98. The van der Waals surface area contributed by atoms with E-state index in [1.165, 1.54) is 14.2 Å². The zero-order valence-electron chi connectivity index (χ0n) is 8.47. The molecule has 0 aliphatic heterocycles. The Balaban J connectivity index is 2.52. The minimum absolute atomic E-state index is 0.421. The Morgan fingerprint density at radius 2 is 1.71 bits per heavy atom. The molecule has 0 saturated heterocycles. The summed E-state index contributed by atoms with van der Waals surface area (Å²) in [4.78, 5) is 0. The lowest BCUT2D eigenvalue weighted by Gasteiger charge is -2.12. The Kier molecular flexibility index (Phi) is 4.33. The highest BCUT2D eigenvalue weighted by molar-refractivity contribution is 7.53. The maximum atomic E-state index is 11.7. The Labute approximate surface area is 84.6 Å². The standard InChI is InChI=1S/C10H15O3P/c1-12-14(11,13-2)9-8-10-6-4-3-5-7-10/h3-7H,8-9H2,1-2H3. The monoisotopic (exact) mass is 214 g/mol. The Hall–Kier alpha value is -0.630. The topological polar surface area (TPSA) is 35.5 Å². The van der Waals surface area contributed by atoms with E-state index in [1.54, 1.807) is 0 Å². The van der Waals surface area contributed by atoms with Crippen LogP contribution < -0.4 is 0 Å². The second-order valence-electron chi connectivity index (χ2n) is 2.94. The Morgan fingerprint density at radius 3 is 2.21 bits per heavy atom. The molecular formula is C10H15O3P. The Morgan fingerprint density at radius 1 is 1.14 bits per heavy atom. The molecule has 0 amide bonds. The van der Waals surface area contributed by atoms with Crippen molar-refractivity contribution in [2.45, 2.75) is 6.42 Å². The van der Waals surface area contributed by atoms with Crippen molar-refractivity contribution in [1.82, 2.24) is 0 Å². The van der Waals surface area contributed by atoms with E-state index < -0.39 is 7.60 Å². The predicted octanol–water partition coefficient (Wildman–Crippen LogP) is 2.72. The quantitative estimate of drug-likeness (QED) is 0.707. The van der Waals surface area contributed by atoms with E-state index in [4.69, 9.17) is 9.05 Å². The van der Waals surface area contributed by atoms with Gasteiger partial charge in [0.1, 0.15) is 0 Å². The van der Waals surface area contributed by atoms with Gasteiger partial charge in [0.2, 0.25) is 0 Å². The van der Waals surface area contributed by atoms with E-state index in [0.717, 1.165) is 5.56 Å². The molecule has 3 nitrogen and oxygen atoms in total. The maximum absolute atomic E-state index is 11.7. The van der Waals surface area contributed by atoms with Gasteiger partial charge in [-0.15, -0.1) is 0 Å². The van der Waals surface area contributed by atoms with Gasteiger partial charge in [0, 0.05) is 14.2 Å². The molecule has 0 atom stereocenters. The molecule has 14 heavy (non-hydrogen) atoms. The van der Waals surface area contributed by atoms with E-state index in [0.29, 0.717) is 12.6 Å². The highest BCUT2D eigenvalue weighted by Gasteiger charge is 2.19. The molecule has 0 fully saturated rings. The summed E-state index contributed by atoms with van der Waals surface area (Å²) >= 11 is 0. The Bertz CT molecular complexity index is 302. The smallest absolute Gasteiger partial charge is 0.312 e. The first-order valence-electron chi connectivity index (χ1n) is 4.44. The van der Waals surface area contributed by atoms with Crippen LogP contribution in [0, 0.1) is 0 Å². The van der Waals surface area contributed by atoms with Gasteiger partial charge in [-0.25, -0.2) is 0 Å². The van der Waals surface area contributed by atoms with Crippen LogP contribution in [0.4, 0.5) is 0 Å². The van der Waals surface area contributed by atoms with E-state index in [1.807, 2.05) is 30.3 Å². The van der Waals surface area contributed by atoms with Crippen LogP contribution in [0.5, 0.6) is 0 Å². The molecule has 0 unspecified atom stereocenters. The third-order valence-corrected chi connectivity index (χ3v) is 3.96. The fourth-order valence-electron chi connectivity index (χ4n) is 1.17. The van der Waals surface area contributed by atoms with E-state index in [2.05, 4.69) is 0 Å². The van der Waals surface area contributed by atoms with Gasteiger partial charge in [-0.3, -0.25) is 4.57 Å². The molecule has 4 heteroatoms. The fourth-order valence-corrected chi connectivity index (χ4v) is 2.21. The molecule has 0 aliphatic carbocycles. The highest BCUT2D eigenvalue weighted by Crippen LogP contribution is 2.46. The SMILES string of the molecule is COP(=O)(CCc1ccccc1)OC. The zero-order chi connectivity index (χ0) is 10.4. The van der Waals surface area contributed by atoms with E-state index in [-0.39, 0.29) is 0 Å². The van der Waals surface area contributed by atoms with Crippen molar-refractivity contribution in [3.8, 4) is 0 Å². The van der Waals surface area contributed by atoms with Gasteiger partial charge in [0.25, 0.3) is 0 Å². The van der Waals surface area contributed by atoms with Crippen LogP contribution in [0.15, 0.2) is 30.3 Å². The maximum Gasteiger partial charge on any atom is 0.330 e. The summed E-state index contributed by atoms with van der Waals surface area (Å²) in [6.07, 6.45) is 1.13. The minimum atomic E-state index is -2.85. The van der Waals surface area contributed by atoms with Gasteiger partial charge in [-0.2, -0.15) is 0 Å². The van der Waals surface area contributed by atoms with Crippen molar-refractivity contribution in [1.29, 1.82) is 0 Å². The number of hydrogen-bond acceptors (Lipinski definition) is 3. The first-order valence-corrected chi connectivity index (χ1v) is 6.17. The normalized spacial score (nSPS) is 11.6. The molecule has 0 saturated carbocycles. The van der Waals surface area contributed by atoms with Crippen LogP contribution in [0.2, 0.25) is 0 Å². The van der Waals surface area contributed by atoms with Crippen molar-refractivity contribution in [2.24, 2.45) is 0 Å². The number of aryl methyl sites for hydroxylation is 1. The summed E-state index contributed by atoms with van der Waals surface area (Å²) in [6, 6.07) is 9.86. The van der Waals surface area contributed by atoms with Gasteiger partial charge in [0.05, 0.1) is 6.16 Å². The summed E-state index contributed by atoms with van der Waals surface area (Å²) in [7, 11) is -0.0226. The van der Waals surface area contributed by atoms with E-state index >= 15 is 0 Å². The minimum Gasteiger partial charge on any atom is -0.312 e. The molecule has 1 aromatic rings. The van der Waals surface area contributed by atoms with Crippen LogP contribution >= 0.6 is 7.60 Å². The number of rotatable bonds is 5. The summed E-state index contributed by atoms with van der Waals surface area (Å²) in [5.41, 5.74) is 1.14. The first kappa shape index (κ1) is 11.4. The van der Waals surface area contributed by atoms with Gasteiger partial charge in [-0.1, -0.05) is 30.3 Å². The van der Waals surface area contributed by atoms with Crippen LogP contribution in [-0.2, 0) is 20.0 Å². The molecule has 0 bridgehead atoms. The molecule has 1 aromatic carbocycles. The molecule has 0 aromatic heterocycles. The second-order valence-corrected chi connectivity index (χ2v) is 5.33. The van der Waals surface area contributed by atoms with Gasteiger partial charge in [-0.05, 0) is 12.0 Å².